The molecule has 0 radical (unpaired) electrons. The highest BCUT2D eigenvalue weighted by Crippen LogP contribution is 2.25. The summed E-state index contributed by atoms with van der Waals surface area (Å²) in [4.78, 5) is 36.6. The molecule has 0 aliphatic rings. The topological polar surface area (TPSA) is 113 Å². The third-order valence-electron chi connectivity index (χ3n) is 8.60. The van der Waals surface area contributed by atoms with E-state index in [4.69, 9.17) is 9.47 Å². The molecule has 270 valence electrons. The molecule has 1 aromatic rings. The number of carboxylic acids is 2. The third kappa shape index (κ3) is 24.1. The highest BCUT2D eigenvalue weighted by atomic mass is 16.5. The largest absolute Gasteiger partial charge is 0.493 e. The lowest BCUT2D eigenvalue weighted by Crippen LogP contribution is -2.39. The molecule has 0 atom stereocenters. The molecule has 8 heteroatoms. The van der Waals surface area contributed by atoms with Crippen molar-refractivity contribution in [2.24, 2.45) is 0 Å². The summed E-state index contributed by atoms with van der Waals surface area (Å²) in [6, 6.07) is 4.86. The predicted octanol–water partition coefficient (Wildman–Crippen LogP) is 10.5. The summed E-state index contributed by atoms with van der Waals surface area (Å²) in [6.45, 7) is 4.09. The lowest BCUT2D eigenvalue weighted by molar-refractivity contribution is -0.140. The molecule has 8 nitrogen and oxygen atoms in total. The Balaban J connectivity index is 2.53. The van der Waals surface area contributed by atoms with Crippen molar-refractivity contribution in [1.82, 2.24) is 4.90 Å². The fourth-order valence-corrected chi connectivity index (χ4v) is 5.84. The molecule has 47 heavy (non-hydrogen) atoms. The molecule has 0 aliphatic carbocycles. The minimum Gasteiger partial charge on any atom is -0.493 e. The molecule has 0 spiro atoms. The Morgan fingerprint density at radius 1 is 0.489 bits per heavy atom. The van der Waals surface area contributed by atoms with Crippen LogP contribution in [0.25, 0.3) is 0 Å². The Kier molecular flexibility index (Phi) is 26.4. The van der Waals surface area contributed by atoms with Crippen molar-refractivity contribution >= 4 is 17.8 Å². The number of carbonyl (C=O) groups excluding carboxylic acids is 1. The maximum absolute atomic E-state index is 13.2. The molecule has 0 aliphatic heterocycles. The van der Waals surface area contributed by atoms with Crippen molar-refractivity contribution in [3.63, 3.8) is 0 Å². The zero-order valence-electron chi connectivity index (χ0n) is 29.9. The van der Waals surface area contributed by atoms with E-state index in [9.17, 15) is 24.6 Å². The Bertz CT molecular complexity index is 887. The first kappa shape index (κ1) is 42.3. The molecule has 0 saturated heterocycles. The lowest BCUT2D eigenvalue weighted by Gasteiger charge is -2.19. The standard InChI is InChI=1S/C39H67NO7/c1-3-5-7-9-11-13-15-17-19-21-23-25-27-46-35-29-34(39(45)40(32-37(41)42)33-38(43)44)30-36(31-35)47-28-26-24-22-20-18-16-14-12-10-8-6-4-2/h29-31H,3-28,32-33H2,1-2H3,(H,41,42)(H,43,44). The molecular weight excluding hydrogens is 594 g/mol. The van der Waals surface area contributed by atoms with Crippen molar-refractivity contribution in [1.29, 1.82) is 0 Å². The minimum atomic E-state index is -1.28. The van der Waals surface area contributed by atoms with Gasteiger partial charge in [0.1, 0.15) is 24.6 Å². The quantitative estimate of drug-likeness (QED) is 0.0721. The van der Waals surface area contributed by atoms with Crippen LogP contribution < -0.4 is 9.47 Å². The van der Waals surface area contributed by atoms with Gasteiger partial charge in [-0.1, -0.05) is 155 Å². The number of aliphatic carboxylic acids is 2. The van der Waals surface area contributed by atoms with Gasteiger partial charge in [-0.3, -0.25) is 14.4 Å². The molecule has 1 aromatic carbocycles. The van der Waals surface area contributed by atoms with Gasteiger partial charge in [0.05, 0.1) is 13.2 Å². The van der Waals surface area contributed by atoms with Gasteiger partial charge in [0.25, 0.3) is 5.91 Å². The van der Waals surface area contributed by atoms with Gasteiger partial charge < -0.3 is 24.6 Å². The molecule has 0 saturated carbocycles. The fourth-order valence-electron chi connectivity index (χ4n) is 5.84. The van der Waals surface area contributed by atoms with Crippen LogP contribution in [0.3, 0.4) is 0 Å². The van der Waals surface area contributed by atoms with Crippen LogP contribution in [0.4, 0.5) is 0 Å². The molecule has 1 rings (SSSR count). The van der Waals surface area contributed by atoms with Crippen molar-refractivity contribution < 1.29 is 34.1 Å². The molecule has 0 aromatic heterocycles. The maximum atomic E-state index is 13.2. The summed E-state index contributed by atoms with van der Waals surface area (Å²) in [5, 5.41) is 18.5. The Morgan fingerprint density at radius 2 is 0.787 bits per heavy atom. The van der Waals surface area contributed by atoms with Crippen LogP contribution in [0.5, 0.6) is 11.5 Å². The second kappa shape index (κ2) is 29.4. The van der Waals surface area contributed by atoms with E-state index in [0.717, 1.165) is 30.6 Å². The number of nitrogens with zero attached hydrogens (tertiary/aromatic N) is 1. The number of benzene rings is 1. The summed E-state index contributed by atoms with van der Waals surface area (Å²) in [7, 11) is 0. The van der Waals surface area contributed by atoms with Crippen molar-refractivity contribution in [3.8, 4) is 11.5 Å². The average Bonchev–Trinajstić information content (AvgIpc) is 3.04. The van der Waals surface area contributed by atoms with Crippen molar-refractivity contribution in [2.45, 2.75) is 168 Å². The summed E-state index contributed by atoms with van der Waals surface area (Å²) in [6.07, 6.45) is 30.0. The van der Waals surface area contributed by atoms with E-state index < -0.39 is 30.9 Å². The average molecular weight is 662 g/mol. The Labute approximate surface area is 286 Å². The third-order valence-corrected chi connectivity index (χ3v) is 8.60. The molecule has 1 amide bonds. The van der Waals surface area contributed by atoms with Gasteiger partial charge in [-0.15, -0.1) is 0 Å². The normalized spacial score (nSPS) is 11.0. The second-order valence-electron chi connectivity index (χ2n) is 13.1. The number of carbonyl (C=O) groups is 3. The lowest BCUT2D eigenvalue weighted by atomic mass is 10.1. The van der Waals surface area contributed by atoms with E-state index in [2.05, 4.69) is 13.8 Å². The van der Waals surface area contributed by atoms with Gasteiger partial charge in [-0.2, -0.15) is 0 Å². The van der Waals surface area contributed by atoms with Crippen molar-refractivity contribution in [2.75, 3.05) is 26.3 Å². The van der Waals surface area contributed by atoms with Crippen LogP contribution in [0.1, 0.15) is 178 Å². The zero-order valence-corrected chi connectivity index (χ0v) is 29.9. The van der Waals surface area contributed by atoms with Crippen LogP contribution in [-0.2, 0) is 9.59 Å². The predicted molar refractivity (Wildman–Crippen MR) is 191 cm³/mol. The summed E-state index contributed by atoms with van der Waals surface area (Å²) >= 11 is 0. The minimum absolute atomic E-state index is 0.157. The molecule has 0 unspecified atom stereocenters. The molecule has 0 fully saturated rings. The summed E-state index contributed by atoms with van der Waals surface area (Å²) in [5.74, 6) is -2.30. The van der Waals surface area contributed by atoms with Gasteiger partial charge in [-0.25, -0.2) is 0 Å². The van der Waals surface area contributed by atoms with Crippen LogP contribution in [0.15, 0.2) is 18.2 Å². The molecule has 0 heterocycles. The van der Waals surface area contributed by atoms with Gasteiger partial charge in [0, 0.05) is 11.6 Å². The SMILES string of the molecule is CCCCCCCCCCCCCCOc1cc(OCCCCCCCCCCCCCC)cc(C(=O)N(CC(=O)O)CC(=O)O)c1. The van der Waals surface area contributed by atoms with Gasteiger partial charge in [0.15, 0.2) is 0 Å². The van der Waals surface area contributed by atoms with Crippen LogP contribution in [0.2, 0.25) is 0 Å². The van der Waals surface area contributed by atoms with Crippen LogP contribution in [0, 0.1) is 0 Å². The van der Waals surface area contributed by atoms with Crippen LogP contribution >= 0.6 is 0 Å². The Hall–Kier alpha value is -2.77. The number of ether oxygens (including phenoxy) is 2. The van der Waals surface area contributed by atoms with Crippen LogP contribution in [-0.4, -0.2) is 59.3 Å². The molecule has 2 N–H and O–H groups in total. The summed E-state index contributed by atoms with van der Waals surface area (Å²) < 4.78 is 12.0. The Morgan fingerprint density at radius 3 is 1.09 bits per heavy atom. The van der Waals surface area contributed by atoms with Gasteiger partial charge in [-0.05, 0) is 25.0 Å². The van der Waals surface area contributed by atoms with E-state index in [1.807, 2.05) is 0 Å². The molecular formula is C39H67NO7. The number of rotatable bonds is 33. The van der Waals surface area contributed by atoms with Gasteiger partial charge in [0.2, 0.25) is 0 Å². The number of amides is 1. The zero-order chi connectivity index (χ0) is 34.4. The number of carboxylic acid groups (broad SMARTS) is 2. The van der Waals surface area contributed by atoms with E-state index in [0.29, 0.717) is 24.7 Å². The van der Waals surface area contributed by atoms with Crippen molar-refractivity contribution in [3.05, 3.63) is 23.8 Å². The fraction of sp³-hybridized carbons (Fsp3) is 0.769. The second-order valence-corrected chi connectivity index (χ2v) is 13.1. The maximum Gasteiger partial charge on any atom is 0.323 e. The molecule has 0 bridgehead atoms. The smallest absolute Gasteiger partial charge is 0.323 e. The number of unbranched alkanes of at least 4 members (excludes halogenated alkanes) is 22. The monoisotopic (exact) mass is 661 g/mol. The number of hydrogen-bond donors (Lipinski definition) is 2. The van der Waals surface area contributed by atoms with E-state index in [1.165, 1.54) is 128 Å². The first-order valence-electron chi connectivity index (χ1n) is 19.0. The first-order chi connectivity index (χ1) is 22.9. The van der Waals surface area contributed by atoms with Gasteiger partial charge >= 0.3 is 11.9 Å². The first-order valence-corrected chi connectivity index (χ1v) is 19.0. The number of hydrogen-bond acceptors (Lipinski definition) is 5. The summed E-state index contributed by atoms with van der Waals surface area (Å²) in [5.41, 5.74) is 0.157. The highest BCUT2D eigenvalue weighted by molar-refractivity contribution is 5.98. The van der Waals surface area contributed by atoms with E-state index in [1.54, 1.807) is 18.2 Å². The van der Waals surface area contributed by atoms with E-state index in [-0.39, 0.29) is 5.56 Å². The van der Waals surface area contributed by atoms with E-state index >= 15 is 0 Å². The highest BCUT2D eigenvalue weighted by Gasteiger charge is 2.22.